The summed E-state index contributed by atoms with van der Waals surface area (Å²) in [7, 11) is 0. The smallest absolute Gasteiger partial charge is 0.248 e. The van der Waals surface area contributed by atoms with Gasteiger partial charge < -0.3 is 20.3 Å². The zero-order chi connectivity index (χ0) is 11.4. The van der Waals surface area contributed by atoms with Gasteiger partial charge in [0.25, 0.3) is 0 Å². The van der Waals surface area contributed by atoms with E-state index in [2.05, 4.69) is 4.98 Å². The van der Waals surface area contributed by atoms with Crippen LogP contribution in [0.25, 0.3) is 0 Å². The Morgan fingerprint density at radius 1 is 1.40 bits per heavy atom. The van der Waals surface area contributed by atoms with E-state index in [4.69, 9.17) is 5.11 Å². The van der Waals surface area contributed by atoms with Crippen molar-refractivity contribution in [2.24, 2.45) is 0 Å². The largest absolute Gasteiger partial charge is 0.396 e. The molecule has 84 valence electrons. The molecule has 0 amide bonds. The average molecular weight is 213 g/mol. The maximum Gasteiger partial charge on any atom is 0.248 e. The van der Waals surface area contributed by atoms with Crippen LogP contribution in [0.2, 0.25) is 0 Å². The van der Waals surface area contributed by atoms with Crippen LogP contribution in [-0.4, -0.2) is 33.0 Å². The molecule has 0 saturated heterocycles. The lowest BCUT2D eigenvalue weighted by Gasteiger charge is -2.18. The minimum atomic E-state index is -1.09. The molecule has 1 aromatic rings. The molecule has 0 bridgehead atoms. The van der Waals surface area contributed by atoms with Crippen molar-refractivity contribution in [1.29, 1.82) is 0 Å². The summed E-state index contributed by atoms with van der Waals surface area (Å²) < 4.78 is 0. The van der Waals surface area contributed by atoms with Crippen LogP contribution in [0.5, 0.6) is 0 Å². The number of aliphatic hydroxyl groups is 3. The van der Waals surface area contributed by atoms with Crippen LogP contribution in [0, 0.1) is 6.92 Å². The SMILES string of the molecule is Cc1[nH]c(=O)ccc1C(O)C(O)CCO. The number of aromatic amines is 1. The van der Waals surface area contributed by atoms with Crippen LogP contribution in [0.15, 0.2) is 16.9 Å². The summed E-state index contributed by atoms with van der Waals surface area (Å²) in [6.07, 6.45) is -2.02. The van der Waals surface area contributed by atoms with Gasteiger partial charge in [0.05, 0.1) is 6.10 Å². The number of hydrogen-bond donors (Lipinski definition) is 4. The third-order valence-corrected chi connectivity index (χ3v) is 2.27. The van der Waals surface area contributed by atoms with Crippen molar-refractivity contribution >= 4 is 0 Å². The van der Waals surface area contributed by atoms with Crippen molar-refractivity contribution in [2.75, 3.05) is 6.61 Å². The molecule has 2 atom stereocenters. The molecule has 0 aliphatic heterocycles. The van der Waals surface area contributed by atoms with Crippen LogP contribution < -0.4 is 5.56 Å². The van der Waals surface area contributed by atoms with Crippen LogP contribution >= 0.6 is 0 Å². The standard InChI is InChI=1S/C10H15NO4/c1-6-7(2-3-9(14)11-6)10(15)8(13)4-5-12/h2-3,8,10,12-13,15H,4-5H2,1H3,(H,11,14). The van der Waals surface area contributed by atoms with Crippen molar-refractivity contribution in [1.82, 2.24) is 4.98 Å². The third kappa shape index (κ3) is 2.89. The summed E-state index contributed by atoms with van der Waals surface area (Å²) >= 11 is 0. The molecule has 0 spiro atoms. The van der Waals surface area contributed by atoms with Crippen molar-refractivity contribution < 1.29 is 15.3 Å². The molecule has 2 unspecified atom stereocenters. The van der Waals surface area contributed by atoms with Gasteiger partial charge in [-0.05, 0) is 19.4 Å². The van der Waals surface area contributed by atoms with Gasteiger partial charge in [0.15, 0.2) is 0 Å². The number of aromatic nitrogens is 1. The number of nitrogens with one attached hydrogen (secondary N) is 1. The summed E-state index contributed by atoms with van der Waals surface area (Å²) in [6, 6.07) is 2.76. The quantitative estimate of drug-likeness (QED) is 0.540. The van der Waals surface area contributed by atoms with E-state index in [1.807, 2.05) is 0 Å². The molecule has 5 heteroatoms. The molecule has 0 saturated carbocycles. The first kappa shape index (κ1) is 11.9. The van der Waals surface area contributed by atoms with Crippen LogP contribution in [0.3, 0.4) is 0 Å². The summed E-state index contributed by atoms with van der Waals surface area (Å²) in [5.74, 6) is 0. The predicted octanol–water partition coefficient (Wildman–Crippen LogP) is -0.540. The number of aliphatic hydroxyl groups excluding tert-OH is 3. The lowest BCUT2D eigenvalue weighted by atomic mass is 10.0. The van der Waals surface area contributed by atoms with E-state index in [1.165, 1.54) is 12.1 Å². The Bertz CT molecular complexity index is 374. The Morgan fingerprint density at radius 2 is 2.07 bits per heavy atom. The summed E-state index contributed by atoms with van der Waals surface area (Å²) in [4.78, 5) is 13.4. The molecule has 0 aromatic carbocycles. The zero-order valence-corrected chi connectivity index (χ0v) is 8.47. The molecule has 5 nitrogen and oxygen atoms in total. The molecule has 0 fully saturated rings. The number of hydrogen-bond acceptors (Lipinski definition) is 4. The minimum Gasteiger partial charge on any atom is -0.396 e. The van der Waals surface area contributed by atoms with Gasteiger partial charge in [-0.3, -0.25) is 4.79 Å². The average Bonchev–Trinajstić information content (AvgIpc) is 2.17. The normalized spacial score (nSPS) is 14.9. The monoisotopic (exact) mass is 213 g/mol. The second-order valence-corrected chi connectivity index (χ2v) is 3.43. The fourth-order valence-electron chi connectivity index (χ4n) is 1.41. The predicted molar refractivity (Wildman–Crippen MR) is 54.5 cm³/mol. The molecule has 0 radical (unpaired) electrons. The van der Waals surface area contributed by atoms with Crippen molar-refractivity contribution in [3.05, 3.63) is 33.7 Å². The van der Waals surface area contributed by atoms with Crippen molar-refractivity contribution in [3.8, 4) is 0 Å². The Morgan fingerprint density at radius 3 is 2.60 bits per heavy atom. The van der Waals surface area contributed by atoms with Gasteiger partial charge in [-0.1, -0.05) is 0 Å². The maximum absolute atomic E-state index is 10.9. The number of aryl methyl sites for hydroxylation is 1. The molecule has 4 N–H and O–H groups in total. The van der Waals surface area contributed by atoms with Gasteiger partial charge in [-0.2, -0.15) is 0 Å². The van der Waals surface area contributed by atoms with E-state index in [9.17, 15) is 15.0 Å². The van der Waals surface area contributed by atoms with Crippen LogP contribution in [-0.2, 0) is 0 Å². The second kappa shape index (κ2) is 5.06. The van der Waals surface area contributed by atoms with Crippen molar-refractivity contribution in [2.45, 2.75) is 25.6 Å². The second-order valence-electron chi connectivity index (χ2n) is 3.43. The lowest BCUT2D eigenvalue weighted by molar-refractivity contribution is 0.00365. The minimum absolute atomic E-state index is 0.0970. The first-order chi connectivity index (χ1) is 7.06. The van der Waals surface area contributed by atoms with E-state index >= 15 is 0 Å². The number of pyridine rings is 1. The van der Waals surface area contributed by atoms with Gasteiger partial charge in [0.2, 0.25) is 5.56 Å². The highest BCUT2D eigenvalue weighted by Gasteiger charge is 2.19. The molecule has 15 heavy (non-hydrogen) atoms. The maximum atomic E-state index is 10.9. The Kier molecular flexibility index (Phi) is 4.02. The van der Waals surface area contributed by atoms with E-state index in [1.54, 1.807) is 6.92 Å². The van der Waals surface area contributed by atoms with Gasteiger partial charge >= 0.3 is 0 Å². The topological polar surface area (TPSA) is 93.6 Å². The van der Waals surface area contributed by atoms with Gasteiger partial charge in [0.1, 0.15) is 6.10 Å². The van der Waals surface area contributed by atoms with Gasteiger partial charge in [-0.25, -0.2) is 0 Å². The third-order valence-electron chi connectivity index (χ3n) is 2.27. The molecule has 1 heterocycles. The van der Waals surface area contributed by atoms with Crippen LogP contribution in [0.1, 0.15) is 23.8 Å². The molecular weight excluding hydrogens is 198 g/mol. The Balaban J connectivity index is 2.90. The number of H-pyrrole nitrogens is 1. The van der Waals surface area contributed by atoms with E-state index in [0.29, 0.717) is 11.3 Å². The van der Waals surface area contributed by atoms with Gasteiger partial charge in [-0.15, -0.1) is 0 Å². The Labute approximate surface area is 87.0 Å². The summed E-state index contributed by atoms with van der Waals surface area (Å²) in [6.45, 7) is 1.45. The molecule has 1 rings (SSSR count). The van der Waals surface area contributed by atoms with E-state index in [0.717, 1.165) is 0 Å². The Hall–Kier alpha value is -1.17. The molecule has 1 aromatic heterocycles. The molecule has 0 aliphatic carbocycles. The van der Waals surface area contributed by atoms with Crippen LogP contribution in [0.4, 0.5) is 0 Å². The first-order valence-corrected chi connectivity index (χ1v) is 4.73. The van der Waals surface area contributed by atoms with Crippen molar-refractivity contribution in [3.63, 3.8) is 0 Å². The molecular formula is C10H15NO4. The first-order valence-electron chi connectivity index (χ1n) is 4.73. The van der Waals surface area contributed by atoms with E-state index < -0.39 is 12.2 Å². The van der Waals surface area contributed by atoms with E-state index in [-0.39, 0.29) is 18.6 Å². The highest BCUT2D eigenvalue weighted by atomic mass is 16.3. The highest BCUT2D eigenvalue weighted by Crippen LogP contribution is 2.19. The fraction of sp³-hybridized carbons (Fsp3) is 0.500. The highest BCUT2D eigenvalue weighted by molar-refractivity contribution is 5.21. The fourth-order valence-corrected chi connectivity index (χ4v) is 1.41. The van der Waals surface area contributed by atoms with Gasteiger partial charge in [0, 0.05) is 23.9 Å². The molecule has 0 aliphatic rings. The number of rotatable bonds is 4. The zero-order valence-electron chi connectivity index (χ0n) is 8.47. The summed E-state index contributed by atoms with van der Waals surface area (Å²) in [5.41, 5.74) is 0.739. The summed E-state index contributed by atoms with van der Waals surface area (Å²) in [5, 5.41) is 27.8. The lowest BCUT2D eigenvalue weighted by Crippen LogP contribution is -2.22.